The minimum atomic E-state index is 0.518. The van der Waals surface area contributed by atoms with Gasteiger partial charge in [0.25, 0.3) is 0 Å². The molecule has 2 rings (SSSR count). The summed E-state index contributed by atoms with van der Waals surface area (Å²) in [5, 5.41) is 3.88. The monoisotopic (exact) mass is 342 g/mol. The van der Waals surface area contributed by atoms with Gasteiger partial charge in [0.2, 0.25) is 0 Å². The first-order chi connectivity index (χ1) is 6.22. The Morgan fingerprint density at radius 1 is 1.38 bits per heavy atom. The third-order valence-electron chi connectivity index (χ3n) is 1.82. The van der Waals surface area contributed by atoms with Crippen LogP contribution >= 0.6 is 57.1 Å². The van der Waals surface area contributed by atoms with Gasteiger partial charge < -0.3 is 0 Å². The fraction of sp³-hybridized carbons (Fsp3) is 0.111. The molecule has 2 aromatic rings. The van der Waals surface area contributed by atoms with E-state index in [4.69, 9.17) is 23.2 Å². The first kappa shape index (κ1) is 10.0. The van der Waals surface area contributed by atoms with Crippen LogP contribution < -0.4 is 0 Å². The number of thiophene rings is 1. The average molecular weight is 343 g/mol. The zero-order chi connectivity index (χ0) is 9.42. The summed E-state index contributed by atoms with van der Waals surface area (Å²) >= 11 is 15.9. The molecular weight excluding hydrogens is 338 g/mol. The van der Waals surface area contributed by atoms with E-state index in [0.717, 1.165) is 16.0 Å². The maximum absolute atomic E-state index is 6.06. The molecule has 0 amide bonds. The van der Waals surface area contributed by atoms with Crippen molar-refractivity contribution in [3.8, 4) is 0 Å². The zero-order valence-corrected chi connectivity index (χ0v) is 11.0. The van der Waals surface area contributed by atoms with Gasteiger partial charge in [0, 0.05) is 24.9 Å². The molecule has 0 saturated carbocycles. The lowest BCUT2D eigenvalue weighted by molar-refractivity contribution is 1.45. The van der Waals surface area contributed by atoms with Crippen LogP contribution in [0.2, 0.25) is 5.02 Å². The number of hydrogen-bond donors (Lipinski definition) is 0. The van der Waals surface area contributed by atoms with E-state index in [9.17, 15) is 0 Å². The van der Waals surface area contributed by atoms with E-state index in [1.54, 1.807) is 11.3 Å². The number of halogens is 3. The summed E-state index contributed by atoms with van der Waals surface area (Å²) in [6.07, 6.45) is 0. The highest BCUT2D eigenvalue weighted by atomic mass is 127. The van der Waals surface area contributed by atoms with Crippen molar-refractivity contribution in [3.05, 3.63) is 31.7 Å². The minimum Gasteiger partial charge on any atom is -0.142 e. The Balaban J connectivity index is 2.85. The second-order valence-corrected chi connectivity index (χ2v) is 5.49. The van der Waals surface area contributed by atoms with Gasteiger partial charge in [0.05, 0.1) is 5.02 Å². The van der Waals surface area contributed by atoms with Crippen molar-refractivity contribution in [2.45, 2.75) is 5.88 Å². The quantitative estimate of drug-likeness (QED) is 0.511. The fourth-order valence-corrected chi connectivity index (χ4v) is 3.70. The van der Waals surface area contributed by atoms with Crippen molar-refractivity contribution in [1.29, 1.82) is 0 Å². The molecule has 0 fully saturated rings. The first-order valence-corrected chi connectivity index (χ1v) is 6.50. The molecule has 0 atom stereocenters. The van der Waals surface area contributed by atoms with Gasteiger partial charge in [-0.05, 0) is 40.3 Å². The molecule has 0 unspecified atom stereocenters. The number of hydrogen-bond acceptors (Lipinski definition) is 1. The summed E-state index contributed by atoms with van der Waals surface area (Å²) in [5.41, 5.74) is 1.12. The van der Waals surface area contributed by atoms with Crippen LogP contribution in [-0.2, 0) is 5.88 Å². The number of alkyl halides is 1. The average Bonchev–Trinajstić information content (AvgIpc) is 2.46. The van der Waals surface area contributed by atoms with Gasteiger partial charge >= 0.3 is 0 Å². The lowest BCUT2D eigenvalue weighted by atomic mass is 10.1. The topological polar surface area (TPSA) is 0 Å². The van der Waals surface area contributed by atoms with Crippen LogP contribution in [0.1, 0.15) is 5.56 Å². The van der Waals surface area contributed by atoms with Gasteiger partial charge in [-0.2, -0.15) is 0 Å². The summed E-state index contributed by atoms with van der Waals surface area (Å²) in [4.78, 5) is 0. The maximum atomic E-state index is 6.06. The number of benzene rings is 1. The van der Waals surface area contributed by atoms with Crippen LogP contribution in [0.15, 0.2) is 17.5 Å². The SMILES string of the molecule is ClCc1cc(I)cc2scc(Cl)c12. The summed E-state index contributed by atoms with van der Waals surface area (Å²) in [5.74, 6) is 0.518. The number of fused-ring (bicyclic) bond motifs is 1. The molecule has 0 spiro atoms. The fourth-order valence-electron chi connectivity index (χ4n) is 1.28. The minimum absolute atomic E-state index is 0.518. The van der Waals surface area contributed by atoms with Gasteiger partial charge in [-0.1, -0.05) is 11.6 Å². The Bertz CT molecular complexity index is 450. The highest BCUT2D eigenvalue weighted by Gasteiger charge is 2.07. The molecule has 0 bridgehead atoms. The van der Waals surface area contributed by atoms with Crippen molar-refractivity contribution < 1.29 is 0 Å². The second-order valence-electron chi connectivity index (χ2n) is 2.66. The highest BCUT2D eigenvalue weighted by molar-refractivity contribution is 14.1. The molecule has 68 valence electrons. The van der Waals surface area contributed by atoms with Gasteiger partial charge in [0.1, 0.15) is 0 Å². The van der Waals surface area contributed by atoms with E-state index >= 15 is 0 Å². The van der Waals surface area contributed by atoms with E-state index < -0.39 is 0 Å². The summed E-state index contributed by atoms with van der Waals surface area (Å²) in [7, 11) is 0. The Kier molecular flexibility index (Phi) is 3.03. The molecule has 1 aromatic heterocycles. The molecule has 0 aliphatic rings. The second kappa shape index (κ2) is 3.93. The van der Waals surface area contributed by atoms with E-state index in [1.165, 1.54) is 8.27 Å². The third-order valence-corrected chi connectivity index (χ3v) is 4.09. The molecule has 1 heterocycles. The smallest absolute Gasteiger partial charge is 0.0594 e. The van der Waals surface area contributed by atoms with Crippen LogP contribution in [0.5, 0.6) is 0 Å². The van der Waals surface area contributed by atoms with Gasteiger partial charge in [-0.3, -0.25) is 0 Å². The Labute approximate surface area is 104 Å². The highest BCUT2D eigenvalue weighted by Crippen LogP contribution is 2.34. The normalized spacial score (nSPS) is 11.0. The predicted octanol–water partition coefficient (Wildman–Crippen LogP) is 4.90. The molecule has 13 heavy (non-hydrogen) atoms. The van der Waals surface area contributed by atoms with Gasteiger partial charge in [-0.25, -0.2) is 0 Å². The molecule has 1 aromatic carbocycles. The van der Waals surface area contributed by atoms with E-state index in [0.29, 0.717) is 5.88 Å². The summed E-state index contributed by atoms with van der Waals surface area (Å²) in [6.45, 7) is 0. The molecule has 0 N–H and O–H groups in total. The molecule has 4 heteroatoms. The van der Waals surface area contributed by atoms with Crippen LogP contribution in [0.3, 0.4) is 0 Å². The van der Waals surface area contributed by atoms with Crippen LogP contribution in [0, 0.1) is 3.57 Å². The Morgan fingerprint density at radius 2 is 2.15 bits per heavy atom. The largest absolute Gasteiger partial charge is 0.142 e. The first-order valence-electron chi connectivity index (χ1n) is 3.63. The molecular formula is C9H5Cl2IS. The number of rotatable bonds is 1. The predicted molar refractivity (Wildman–Crippen MR) is 69.1 cm³/mol. The van der Waals surface area contributed by atoms with E-state index in [2.05, 4.69) is 34.7 Å². The van der Waals surface area contributed by atoms with E-state index in [1.807, 2.05) is 5.38 Å². The third kappa shape index (κ3) is 1.82. The Hall–Kier alpha value is 0.490. The molecule has 0 nitrogen and oxygen atoms in total. The van der Waals surface area contributed by atoms with Crippen molar-refractivity contribution in [2.75, 3.05) is 0 Å². The summed E-state index contributed by atoms with van der Waals surface area (Å²) in [6, 6.07) is 4.21. The van der Waals surface area contributed by atoms with Gasteiger partial charge in [-0.15, -0.1) is 22.9 Å². The van der Waals surface area contributed by atoms with Gasteiger partial charge in [0.15, 0.2) is 0 Å². The van der Waals surface area contributed by atoms with Crippen molar-refractivity contribution in [1.82, 2.24) is 0 Å². The zero-order valence-electron chi connectivity index (χ0n) is 6.48. The molecule has 0 aliphatic heterocycles. The maximum Gasteiger partial charge on any atom is 0.0594 e. The van der Waals surface area contributed by atoms with Crippen LogP contribution in [0.4, 0.5) is 0 Å². The van der Waals surface area contributed by atoms with Crippen molar-refractivity contribution in [2.24, 2.45) is 0 Å². The van der Waals surface area contributed by atoms with E-state index in [-0.39, 0.29) is 0 Å². The Morgan fingerprint density at radius 3 is 2.85 bits per heavy atom. The lowest BCUT2D eigenvalue weighted by Crippen LogP contribution is -1.81. The standard InChI is InChI=1S/C9H5Cl2IS/c10-3-5-1-6(12)2-8-9(5)7(11)4-13-8/h1-2,4H,3H2. The van der Waals surface area contributed by atoms with Crippen LogP contribution in [0.25, 0.3) is 10.1 Å². The van der Waals surface area contributed by atoms with Crippen molar-refractivity contribution >= 4 is 67.2 Å². The molecule has 0 saturated heterocycles. The molecule has 0 aliphatic carbocycles. The van der Waals surface area contributed by atoms with Crippen molar-refractivity contribution in [3.63, 3.8) is 0 Å². The summed E-state index contributed by atoms with van der Waals surface area (Å²) < 4.78 is 2.42. The van der Waals surface area contributed by atoms with Crippen LogP contribution in [-0.4, -0.2) is 0 Å². The molecule has 0 radical (unpaired) electrons. The lowest BCUT2D eigenvalue weighted by Gasteiger charge is -2.00.